The summed E-state index contributed by atoms with van der Waals surface area (Å²) in [7, 11) is 0. The summed E-state index contributed by atoms with van der Waals surface area (Å²) in [4.78, 5) is 12.3. The highest BCUT2D eigenvalue weighted by Crippen LogP contribution is 2.34. The summed E-state index contributed by atoms with van der Waals surface area (Å²) in [5.74, 6) is 0.192. The van der Waals surface area contributed by atoms with Crippen molar-refractivity contribution in [3.05, 3.63) is 29.7 Å². The number of nitrogens with zero attached hydrogens (tertiary/aromatic N) is 3. The summed E-state index contributed by atoms with van der Waals surface area (Å²) in [5.41, 5.74) is 8.24. The maximum Gasteiger partial charge on any atom is 0.257 e. The zero-order valence-electron chi connectivity index (χ0n) is 11.4. The second-order valence-electron chi connectivity index (χ2n) is 4.73. The van der Waals surface area contributed by atoms with E-state index in [1.807, 2.05) is 6.92 Å². The minimum Gasteiger partial charge on any atom is -0.404 e. The second-order valence-corrected chi connectivity index (χ2v) is 5.17. The van der Waals surface area contributed by atoms with Crippen LogP contribution >= 0.6 is 11.6 Å². The standard InChI is InChI=1S/C14H15ClF2N4/c1-8-2-12(15)21-11-3-9(6-20-14(8)11)10(4-18)5-19-7-13(16)17/h3-6,8,13H,2,7,18H2,1H3. The number of aliphatic imine (C=N–C) groups is 2. The van der Waals surface area contributed by atoms with Gasteiger partial charge in [0.05, 0.1) is 17.9 Å². The maximum atomic E-state index is 12.1. The van der Waals surface area contributed by atoms with E-state index < -0.39 is 13.0 Å². The molecule has 4 nitrogen and oxygen atoms in total. The zero-order valence-corrected chi connectivity index (χ0v) is 12.2. The number of allylic oxidation sites excluding steroid dienone is 1. The van der Waals surface area contributed by atoms with E-state index in [4.69, 9.17) is 17.3 Å². The van der Waals surface area contributed by atoms with E-state index in [-0.39, 0.29) is 5.92 Å². The molecular formula is C14H15ClF2N4. The van der Waals surface area contributed by atoms with Crippen LogP contribution in [0.15, 0.2) is 28.4 Å². The monoisotopic (exact) mass is 312 g/mol. The fraction of sp³-hybridized carbons (Fsp3) is 0.357. The Morgan fingerprint density at radius 1 is 1.62 bits per heavy atom. The molecule has 0 bridgehead atoms. The Bertz CT molecular complexity index is 611. The highest BCUT2D eigenvalue weighted by molar-refractivity contribution is 6.65. The number of halogens is 3. The molecule has 2 N–H and O–H groups in total. The Labute approximate surface area is 126 Å². The highest BCUT2D eigenvalue weighted by Gasteiger charge is 2.20. The first-order valence-corrected chi connectivity index (χ1v) is 6.82. The zero-order chi connectivity index (χ0) is 15.4. The van der Waals surface area contributed by atoms with Crippen LogP contribution in [-0.4, -0.2) is 29.3 Å². The fourth-order valence-corrected chi connectivity index (χ4v) is 2.38. The van der Waals surface area contributed by atoms with Crippen molar-refractivity contribution in [1.82, 2.24) is 4.98 Å². The highest BCUT2D eigenvalue weighted by atomic mass is 35.5. The minimum absolute atomic E-state index is 0.192. The van der Waals surface area contributed by atoms with Gasteiger partial charge in [-0.1, -0.05) is 18.5 Å². The van der Waals surface area contributed by atoms with E-state index in [1.165, 1.54) is 12.4 Å². The van der Waals surface area contributed by atoms with Gasteiger partial charge in [0.15, 0.2) is 0 Å². The predicted molar refractivity (Wildman–Crippen MR) is 81.7 cm³/mol. The van der Waals surface area contributed by atoms with E-state index in [2.05, 4.69) is 15.0 Å². The summed E-state index contributed by atoms with van der Waals surface area (Å²) >= 11 is 6.00. The van der Waals surface area contributed by atoms with Crippen LogP contribution in [0.25, 0.3) is 5.57 Å². The average Bonchev–Trinajstić information content (AvgIpc) is 2.42. The van der Waals surface area contributed by atoms with Crippen LogP contribution in [0.4, 0.5) is 14.5 Å². The molecule has 21 heavy (non-hydrogen) atoms. The van der Waals surface area contributed by atoms with Gasteiger partial charge >= 0.3 is 0 Å². The van der Waals surface area contributed by atoms with Crippen molar-refractivity contribution >= 4 is 34.2 Å². The normalized spacial score (nSPS) is 19.0. The van der Waals surface area contributed by atoms with E-state index >= 15 is 0 Å². The van der Waals surface area contributed by atoms with Gasteiger partial charge in [-0.15, -0.1) is 0 Å². The number of aromatic nitrogens is 1. The molecule has 0 fully saturated rings. The Hall–Kier alpha value is -1.82. The van der Waals surface area contributed by atoms with Crippen molar-refractivity contribution in [3.8, 4) is 0 Å². The van der Waals surface area contributed by atoms with Gasteiger partial charge in [-0.2, -0.15) is 0 Å². The van der Waals surface area contributed by atoms with Crippen LogP contribution in [0.5, 0.6) is 0 Å². The van der Waals surface area contributed by atoms with Crippen molar-refractivity contribution in [2.24, 2.45) is 15.7 Å². The van der Waals surface area contributed by atoms with E-state index in [1.54, 1.807) is 12.3 Å². The second kappa shape index (κ2) is 6.76. The predicted octanol–water partition coefficient (Wildman–Crippen LogP) is 3.49. The molecule has 1 atom stereocenters. The summed E-state index contributed by atoms with van der Waals surface area (Å²) in [6, 6.07) is 1.79. The first-order valence-electron chi connectivity index (χ1n) is 6.44. The van der Waals surface area contributed by atoms with Crippen LogP contribution in [0.2, 0.25) is 0 Å². The third kappa shape index (κ3) is 3.85. The molecule has 1 aliphatic heterocycles. The lowest BCUT2D eigenvalue weighted by atomic mass is 9.98. The first-order chi connectivity index (χ1) is 10.0. The first kappa shape index (κ1) is 15.6. The number of alkyl halides is 2. The molecule has 2 heterocycles. The fourth-order valence-electron chi connectivity index (χ4n) is 2.06. The largest absolute Gasteiger partial charge is 0.404 e. The lowest BCUT2D eigenvalue weighted by Gasteiger charge is -2.18. The summed E-state index contributed by atoms with van der Waals surface area (Å²) < 4.78 is 24.2. The molecule has 2 rings (SSSR count). The van der Waals surface area contributed by atoms with E-state index in [0.29, 0.717) is 28.4 Å². The van der Waals surface area contributed by atoms with Crippen LogP contribution in [-0.2, 0) is 0 Å². The van der Waals surface area contributed by atoms with Gasteiger partial charge in [0.2, 0.25) is 0 Å². The minimum atomic E-state index is -2.48. The molecule has 1 unspecified atom stereocenters. The van der Waals surface area contributed by atoms with Crippen molar-refractivity contribution in [3.63, 3.8) is 0 Å². The number of nitrogens with two attached hydrogens (primary N) is 1. The summed E-state index contributed by atoms with van der Waals surface area (Å²) in [5, 5.41) is 0.526. The van der Waals surface area contributed by atoms with E-state index in [9.17, 15) is 8.78 Å². The molecule has 7 heteroatoms. The third-order valence-corrected chi connectivity index (χ3v) is 3.31. The molecular weight excluding hydrogens is 298 g/mol. The molecule has 0 radical (unpaired) electrons. The third-order valence-electron chi connectivity index (χ3n) is 3.07. The van der Waals surface area contributed by atoms with E-state index in [0.717, 1.165) is 5.69 Å². The van der Waals surface area contributed by atoms with Crippen LogP contribution in [0.3, 0.4) is 0 Å². The van der Waals surface area contributed by atoms with Gasteiger partial charge in [-0.05, 0) is 6.07 Å². The Morgan fingerprint density at radius 2 is 2.38 bits per heavy atom. The molecule has 0 amide bonds. The number of hydrogen-bond donors (Lipinski definition) is 1. The van der Waals surface area contributed by atoms with Gasteiger partial charge in [-0.25, -0.2) is 13.8 Å². The lowest BCUT2D eigenvalue weighted by Crippen LogP contribution is -2.08. The van der Waals surface area contributed by atoms with Gasteiger partial charge in [0, 0.05) is 42.1 Å². The quantitative estimate of drug-likeness (QED) is 0.865. The Morgan fingerprint density at radius 3 is 3.05 bits per heavy atom. The van der Waals surface area contributed by atoms with Gasteiger partial charge in [-0.3, -0.25) is 9.98 Å². The van der Waals surface area contributed by atoms with Crippen LogP contribution in [0, 0.1) is 0 Å². The van der Waals surface area contributed by atoms with Crippen molar-refractivity contribution in [2.45, 2.75) is 25.7 Å². The summed E-state index contributed by atoms with van der Waals surface area (Å²) in [6.07, 6.45) is 2.43. The lowest BCUT2D eigenvalue weighted by molar-refractivity contribution is 0.159. The smallest absolute Gasteiger partial charge is 0.257 e. The molecule has 0 aliphatic carbocycles. The number of rotatable bonds is 4. The van der Waals surface area contributed by atoms with Crippen LogP contribution in [0.1, 0.15) is 30.5 Å². The topological polar surface area (TPSA) is 63.6 Å². The van der Waals surface area contributed by atoms with Crippen molar-refractivity contribution < 1.29 is 8.78 Å². The SMILES string of the molecule is CC1CC(Cl)=Nc2cc(C(C=NCC(F)F)=CN)cnc21. The Balaban J connectivity index is 2.29. The molecule has 0 saturated heterocycles. The average molecular weight is 313 g/mol. The van der Waals surface area contributed by atoms with Crippen LogP contribution < -0.4 is 5.73 Å². The van der Waals surface area contributed by atoms with Crippen molar-refractivity contribution in [1.29, 1.82) is 0 Å². The molecule has 0 spiro atoms. The number of hydrogen-bond acceptors (Lipinski definition) is 4. The van der Waals surface area contributed by atoms with Gasteiger partial charge in [0.1, 0.15) is 5.17 Å². The summed E-state index contributed by atoms with van der Waals surface area (Å²) in [6.45, 7) is 1.46. The molecule has 0 saturated carbocycles. The van der Waals surface area contributed by atoms with Gasteiger partial charge < -0.3 is 5.73 Å². The molecule has 1 aromatic rings. The molecule has 1 aliphatic rings. The molecule has 112 valence electrons. The number of fused-ring (bicyclic) bond motifs is 1. The molecule has 1 aromatic heterocycles. The molecule has 0 aromatic carbocycles. The maximum absolute atomic E-state index is 12.1. The van der Waals surface area contributed by atoms with Gasteiger partial charge in [0.25, 0.3) is 6.43 Å². The number of pyridine rings is 1. The Kier molecular flexibility index (Phi) is 5.01. The van der Waals surface area contributed by atoms with Crippen molar-refractivity contribution in [2.75, 3.05) is 6.54 Å².